The first-order chi connectivity index (χ1) is 35.3. The van der Waals surface area contributed by atoms with Gasteiger partial charge in [-0.3, -0.25) is 0 Å². The van der Waals surface area contributed by atoms with E-state index in [9.17, 15) is 4.79 Å². The highest BCUT2D eigenvalue weighted by Crippen LogP contribution is 2.33. The van der Waals surface area contributed by atoms with Gasteiger partial charge < -0.3 is 53.2 Å². The Morgan fingerprint density at radius 2 is 1.08 bits per heavy atom. The lowest BCUT2D eigenvalue weighted by atomic mass is 10.2. The molecule has 2 N–H and O–H groups in total. The Balaban J connectivity index is 0.000000154. The standard InChI is InChI=1S/C24H33N7O2.C15H22ClN5O.C11H14ClN5O/c1-5-7-8-19-27-22-20(30(19)4)23(31-13-14-33-15-16(31)3)29-21(28-22)17-9-11-18(12-10-17)26-24(32)25-6-2;1-4-5-6-11-17-13-12(20(11)3)14(19-15(16)18-13)21-7-8-22-9-10(21)2;1-7-5-18-4-3-17(7)10-8-9(13-6-16(8)2)14-11(12)15-10/h9-12,16H,5-8,13-15H2,1-4H3,(H2,25,26,32);10H,4-9H2,1-3H3;6-7H,3-5H2,1-2H3/t16-;10-;7-/m000/s1. The molecule has 0 saturated carbocycles. The molecule has 2 amide bonds. The third kappa shape index (κ3) is 12.2. The molecule has 6 aromatic heterocycles. The lowest BCUT2D eigenvalue weighted by Crippen LogP contribution is -2.44. The number of nitrogens with one attached hydrogen (secondary N) is 2. The van der Waals surface area contributed by atoms with Crippen molar-refractivity contribution in [2.24, 2.45) is 21.1 Å². The van der Waals surface area contributed by atoms with E-state index in [0.717, 1.165) is 109 Å². The number of nitrogens with zero attached hydrogens (tertiary/aromatic N) is 15. The Morgan fingerprint density at radius 1 is 0.616 bits per heavy atom. The minimum atomic E-state index is -0.223. The zero-order valence-electron chi connectivity index (χ0n) is 43.5. The lowest BCUT2D eigenvalue weighted by Gasteiger charge is -2.34. The SMILES string of the molecule is CCCCc1nc2nc(-c3ccc(NC(=O)NCC)cc3)nc(N3CCOC[C@@H]3C)c2n1C.CCCCc1nc2nc(Cl)nc(N3CCOC[C@@H]3C)c2n1C.C[C@H]1COCCN1c1nc(Cl)nc2ncn(C)c12. The Kier molecular flexibility index (Phi) is 17.8. The molecule has 7 aromatic rings. The zero-order chi connectivity index (χ0) is 51.8. The molecule has 3 aliphatic heterocycles. The number of imidazole rings is 3. The molecule has 3 atom stereocenters. The van der Waals surface area contributed by atoms with Crippen molar-refractivity contribution in [1.82, 2.24) is 63.9 Å². The monoisotopic (exact) mass is 1040 g/mol. The molecule has 23 heteroatoms. The van der Waals surface area contributed by atoms with Gasteiger partial charge in [0.2, 0.25) is 10.6 Å². The number of carbonyl (C=O) groups is 1. The summed E-state index contributed by atoms with van der Waals surface area (Å²) in [5.41, 5.74) is 6.46. The van der Waals surface area contributed by atoms with Crippen LogP contribution in [0, 0.1) is 0 Å². The maximum Gasteiger partial charge on any atom is 0.319 e. The van der Waals surface area contributed by atoms with Crippen molar-refractivity contribution in [1.29, 1.82) is 0 Å². The summed E-state index contributed by atoms with van der Waals surface area (Å²) in [6.45, 7) is 19.7. The van der Waals surface area contributed by atoms with Crippen LogP contribution < -0.4 is 25.3 Å². The first-order valence-electron chi connectivity index (χ1n) is 25.4. The molecule has 0 bridgehead atoms. The molecule has 9 heterocycles. The molecule has 0 radical (unpaired) electrons. The number of halogens is 2. The van der Waals surface area contributed by atoms with E-state index in [-0.39, 0.29) is 34.7 Å². The Morgan fingerprint density at radius 3 is 1.56 bits per heavy atom. The molecule has 0 spiro atoms. The van der Waals surface area contributed by atoms with Crippen LogP contribution >= 0.6 is 23.2 Å². The molecule has 1 aromatic carbocycles. The van der Waals surface area contributed by atoms with Crippen LogP contribution in [0.4, 0.5) is 27.9 Å². The van der Waals surface area contributed by atoms with Crippen LogP contribution in [-0.4, -0.2) is 149 Å². The number of carbonyl (C=O) groups excluding carboxylic acids is 1. The molecule has 3 saturated heterocycles. The highest BCUT2D eigenvalue weighted by atomic mass is 35.5. The number of aromatic nitrogens is 12. The summed E-state index contributed by atoms with van der Waals surface area (Å²) in [5, 5.41) is 6.03. The molecule has 10 rings (SSSR count). The third-order valence-corrected chi connectivity index (χ3v) is 13.6. The molecule has 0 unspecified atom stereocenters. The van der Waals surface area contributed by atoms with Crippen LogP contribution in [0.3, 0.4) is 0 Å². The van der Waals surface area contributed by atoms with Gasteiger partial charge in [-0.15, -0.1) is 0 Å². The van der Waals surface area contributed by atoms with Gasteiger partial charge in [-0.05, 0) is 88.0 Å². The van der Waals surface area contributed by atoms with Gasteiger partial charge in [0, 0.05) is 71.4 Å². The Hall–Kier alpha value is -6.00. The summed E-state index contributed by atoms with van der Waals surface area (Å²) in [6, 6.07) is 8.09. The fourth-order valence-corrected chi connectivity index (χ4v) is 9.59. The van der Waals surface area contributed by atoms with Crippen molar-refractivity contribution >= 4 is 85.9 Å². The second kappa shape index (κ2) is 24.4. The van der Waals surface area contributed by atoms with E-state index >= 15 is 0 Å². The van der Waals surface area contributed by atoms with Crippen LogP contribution in [0.25, 0.3) is 44.9 Å². The zero-order valence-corrected chi connectivity index (χ0v) is 45.0. The Labute approximate surface area is 436 Å². The molecule has 3 aliphatic rings. The minimum Gasteiger partial charge on any atom is -0.377 e. The summed E-state index contributed by atoms with van der Waals surface area (Å²) in [6.07, 6.45) is 8.04. The van der Waals surface area contributed by atoms with Crippen molar-refractivity contribution in [3.63, 3.8) is 0 Å². The summed E-state index contributed by atoms with van der Waals surface area (Å²) in [7, 11) is 6.02. The van der Waals surface area contributed by atoms with Crippen LogP contribution in [0.1, 0.15) is 78.9 Å². The van der Waals surface area contributed by atoms with Crippen molar-refractivity contribution in [2.45, 2.75) is 98.2 Å². The quantitative estimate of drug-likeness (QED) is 0.113. The predicted octanol–water partition coefficient (Wildman–Crippen LogP) is 7.57. The molecule has 3 fully saturated rings. The number of urea groups is 1. The van der Waals surface area contributed by atoms with Crippen LogP contribution in [0.5, 0.6) is 0 Å². The fourth-order valence-electron chi connectivity index (χ4n) is 9.27. The smallest absolute Gasteiger partial charge is 0.319 e. The van der Waals surface area contributed by atoms with E-state index in [4.69, 9.17) is 52.4 Å². The largest absolute Gasteiger partial charge is 0.377 e. The van der Waals surface area contributed by atoms with Gasteiger partial charge >= 0.3 is 6.03 Å². The summed E-state index contributed by atoms with van der Waals surface area (Å²) < 4.78 is 22.8. The number of amides is 2. The normalized spacial score (nSPS) is 18.2. The van der Waals surface area contributed by atoms with Crippen molar-refractivity contribution in [3.8, 4) is 11.4 Å². The summed E-state index contributed by atoms with van der Waals surface area (Å²) >= 11 is 12.1. The molecule has 0 aliphatic carbocycles. The van der Waals surface area contributed by atoms with Gasteiger partial charge in [0.15, 0.2) is 40.2 Å². The van der Waals surface area contributed by atoms with Crippen molar-refractivity contribution < 1.29 is 19.0 Å². The summed E-state index contributed by atoms with van der Waals surface area (Å²) in [5.74, 6) is 5.29. The highest BCUT2D eigenvalue weighted by molar-refractivity contribution is 6.29. The number of ether oxygens (including phenoxy) is 3. The van der Waals surface area contributed by atoms with Crippen molar-refractivity contribution in [3.05, 3.63) is 52.8 Å². The molecular weight excluding hydrogens is 974 g/mol. The van der Waals surface area contributed by atoms with Gasteiger partial charge in [-0.1, -0.05) is 26.7 Å². The van der Waals surface area contributed by atoms with E-state index in [0.29, 0.717) is 74.6 Å². The number of morpholine rings is 3. The average Bonchev–Trinajstić information content (AvgIpc) is 4.03. The van der Waals surface area contributed by atoms with E-state index in [1.807, 2.05) is 49.9 Å². The number of fused-ring (bicyclic) bond motifs is 3. The van der Waals surface area contributed by atoms with Gasteiger partial charge in [-0.25, -0.2) is 29.7 Å². The number of rotatable bonds is 12. The Bertz CT molecular complexity index is 2980. The van der Waals surface area contributed by atoms with Crippen LogP contribution in [0.15, 0.2) is 30.6 Å². The molecule has 73 heavy (non-hydrogen) atoms. The average molecular weight is 1040 g/mol. The van der Waals surface area contributed by atoms with E-state index in [2.05, 4.69) is 106 Å². The van der Waals surface area contributed by atoms with Gasteiger partial charge in [0.1, 0.15) is 28.2 Å². The second-order valence-electron chi connectivity index (χ2n) is 18.7. The number of benzene rings is 1. The third-order valence-electron chi connectivity index (χ3n) is 13.3. The number of anilines is 4. The van der Waals surface area contributed by atoms with Crippen LogP contribution in [0.2, 0.25) is 10.6 Å². The molecule has 392 valence electrons. The lowest BCUT2D eigenvalue weighted by molar-refractivity contribution is 0.0986. The maximum absolute atomic E-state index is 11.8. The molecule has 21 nitrogen and oxygen atoms in total. The topological polar surface area (TPSA) is 209 Å². The fraction of sp³-hybridized carbons (Fsp3) is 0.560. The first kappa shape index (κ1) is 53.3. The van der Waals surface area contributed by atoms with E-state index in [1.54, 1.807) is 6.33 Å². The van der Waals surface area contributed by atoms with E-state index < -0.39 is 0 Å². The van der Waals surface area contributed by atoms with Gasteiger partial charge in [0.05, 0.1) is 64.1 Å². The predicted molar refractivity (Wildman–Crippen MR) is 287 cm³/mol. The molecular formula is C50H69Cl2N17O4. The number of hydrogen-bond acceptors (Lipinski definition) is 16. The maximum atomic E-state index is 11.8. The number of aryl methyl sites for hydroxylation is 5. The first-order valence-corrected chi connectivity index (χ1v) is 26.2. The summed E-state index contributed by atoms with van der Waals surface area (Å²) in [4.78, 5) is 59.5. The van der Waals surface area contributed by atoms with Crippen LogP contribution in [-0.2, 0) is 48.2 Å². The van der Waals surface area contributed by atoms with Gasteiger partial charge in [-0.2, -0.15) is 19.9 Å². The second-order valence-corrected chi connectivity index (χ2v) is 19.3. The number of unbranched alkanes of at least 4 members (excludes halogenated alkanes) is 2. The minimum absolute atomic E-state index is 0.211. The van der Waals surface area contributed by atoms with Crippen molar-refractivity contribution in [2.75, 3.05) is 85.8 Å². The number of hydrogen-bond donors (Lipinski definition) is 2. The van der Waals surface area contributed by atoms with Gasteiger partial charge in [0.25, 0.3) is 0 Å². The highest BCUT2D eigenvalue weighted by Gasteiger charge is 2.29. The van der Waals surface area contributed by atoms with E-state index in [1.165, 1.54) is 0 Å².